The first-order valence-electron chi connectivity index (χ1n) is 11.6. The molecule has 3 aliphatic rings. The normalized spacial score (nSPS) is 42.4. The van der Waals surface area contributed by atoms with E-state index in [1.54, 1.807) is 0 Å². The van der Waals surface area contributed by atoms with Crippen molar-refractivity contribution in [3.8, 4) is 0 Å². The predicted octanol–water partition coefficient (Wildman–Crippen LogP) is -3.55. The Kier molecular flexibility index (Phi) is 10.3. The zero-order valence-corrected chi connectivity index (χ0v) is 19.4. The quantitative estimate of drug-likeness (QED) is 0.196. The minimum Gasteiger partial charge on any atom is -0.394 e. The van der Waals surface area contributed by atoms with Gasteiger partial charge in [0.15, 0.2) is 12.6 Å². The Labute approximate surface area is 202 Å². The Hall–Kier alpha value is -1.33. The Balaban J connectivity index is 0.000000237. The Bertz CT molecular complexity index is 758. The lowest BCUT2D eigenvalue weighted by molar-refractivity contribution is -0.355. The lowest BCUT2D eigenvalue weighted by Gasteiger charge is -2.45. The van der Waals surface area contributed by atoms with Crippen molar-refractivity contribution in [1.29, 1.82) is 0 Å². The van der Waals surface area contributed by atoms with Gasteiger partial charge in [-0.3, -0.25) is 9.88 Å². The molecule has 3 saturated heterocycles. The maximum atomic E-state index is 9.94. The molecule has 1 aromatic rings. The summed E-state index contributed by atoms with van der Waals surface area (Å²) >= 11 is 0. The Morgan fingerprint density at radius 3 is 2.23 bits per heavy atom. The van der Waals surface area contributed by atoms with Crippen molar-refractivity contribution in [2.75, 3.05) is 26.8 Å². The number of rotatable bonds is 5. The van der Waals surface area contributed by atoms with Crippen LogP contribution in [0.25, 0.3) is 0 Å². The summed E-state index contributed by atoms with van der Waals surface area (Å²) in [5.41, 5.74) is 1.36. The average molecular weight is 505 g/mol. The highest BCUT2D eigenvalue weighted by Gasteiger charge is 2.50. The lowest BCUT2D eigenvalue weighted by atomic mass is 9.97. The molecule has 0 aromatic carbocycles. The molecule has 11 atom stereocenters. The molecule has 0 amide bonds. The molecule has 0 saturated carbocycles. The van der Waals surface area contributed by atoms with Crippen LogP contribution in [-0.2, 0) is 14.2 Å². The minimum absolute atomic E-state index is 0.610. The molecule has 0 spiro atoms. The van der Waals surface area contributed by atoms with Crippen LogP contribution in [0, 0.1) is 0 Å². The number of aliphatic hydroxyl groups excluding tert-OH is 8. The van der Waals surface area contributed by atoms with Crippen molar-refractivity contribution < 1.29 is 55.1 Å². The average Bonchev–Trinajstić information content (AvgIpc) is 3.30. The molecule has 4 rings (SSSR count). The van der Waals surface area contributed by atoms with Crippen LogP contribution in [0.15, 0.2) is 24.5 Å². The highest BCUT2D eigenvalue weighted by atomic mass is 16.7. The van der Waals surface area contributed by atoms with Gasteiger partial charge in [-0.05, 0) is 38.1 Å². The second kappa shape index (κ2) is 12.8. The van der Waals surface area contributed by atoms with E-state index in [-0.39, 0.29) is 0 Å². The standard InChI is InChI=1S/C12H22O11.C10H14N2/c13-1-3-5(15)6(16)9(19)12(22-3)23-10-4(2-14)21-11(20)8(18)7(10)17;1-12-7-3-5-10(12)9-4-2-6-11-8-9/h3-20H,1-2H2;2,4,6,8,10H,3,5,7H2,1H3/t3-,4-,5+,6+,7-,8-,9-,10-,11-,12+;10-/m10/s1. The van der Waals surface area contributed by atoms with E-state index >= 15 is 0 Å². The molecule has 3 aliphatic heterocycles. The van der Waals surface area contributed by atoms with Gasteiger partial charge < -0.3 is 55.1 Å². The fraction of sp³-hybridized carbons (Fsp3) is 0.773. The molecule has 1 aromatic heterocycles. The van der Waals surface area contributed by atoms with Gasteiger partial charge in [0.1, 0.15) is 48.8 Å². The van der Waals surface area contributed by atoms with Gasteiger partial charge in [0.2, 0.25) is 0 Å². The SMILES string of the molecule is CN1CCC[C@H]1c1cccnc1.OC[C@H]1O[C@@H](O[C@H]2[C@H](O)[C@@H](O)[C@H](O)O[C@@H]2CO)[C@H](O)[C@@H](O)[C@H]1O. The molecule has 13 heteroatoms. The number of likely N-dealkylation sites (tertiary alicyclic amines) is 1. The van der Waals surface area contributed by atoms with Gasteiger partial charge >= 0.3 is 0 Å². The summed E-state index contributed by atoms with van der Waals surface area (Å²) in [5.74, 6) is 0. The highest BCUT2D eigenvalue weighted by Crippen LogP contribution is 2.30. The summed E-state index contributed by atoms with van der Waals surface area (Å²) in [7, 11) is 2.19. The molecule has 0 aliphatic carbocycles. The summed E-state index contributed by atoms with van der Waals surface area (Å²) < 4.78 is 15.3. The number of aromatic nitrogens is 1. The van der Waals surface area contributed by atoms with E-state index in [2.05, 4.69) is 23.0 Å². The van der Waals surface area contributed by atoms with Gasteiger partial charge in [-0.15, -0.1) is 0 Å². The zero-order chi connectivity index (χ0) is 25.7. The third-order valence-electron chi connectivity index (χ3n) is 6.57. The summed E-state index contributed by atoms with van der Waals surface area (Å²) in [4.78, 5) is 6.54. The first-order valence-corrected chi connectivity index (χ1v) is 11.6. The molecule has 0 bridgehead atoms. The molecule has 3 fully saturated rings. The van der Waals surface area contributed by atoms with E-state index in [0.29, 0.717) is 6.04 Å². The van der Waals surface area contributed by atoms with Crippen LogP contribution in [0.4, 0.5) is 0 Å². The van der Waals surface area contributed by atoms with Gasteiger partial charge in [0.05, 0.1) is 13.2 Å². The molecule has 0 unspecified atom stereocenters. The van der Waals surface area contributed by atoms with Crippen molar-refractivity contribution in [1.82, 2.24) is 9.88 Å². The number of hydrogen-bond acceptors (Lipinski definition) is 13. The highest BCUT2D eigenvalue weighted by molar-refractivity contribution is 5.14. The van der Waals surface area contributed by atoms with Crippen LogP contribution in [0.3, 0.4) is 0 Å². The molecular formula is C22H36N2O11. The van der Waals surface area contributed by atoms with Gasteiger partial charge in [-0.25, -0.2) is 0 Å². The molecule has 8 N–H and O–H groups in total. The van der Waals surface area contributed by atoms with E-state index < -0.39 is 74.6 Å². The summed E-state index contributed by atoms with van der Waals surface area (Å²) in [6, 6.07) is 4.79. The Morgan fingerprint density at radius 1 is 0.943 bits per heavy atom. The molecular weight excluding hydrogens is 468 g/mol. The zero-order valence-electron chi connectivity index (χ0n) is 19.4. The van der Waals surface area contributed by atoms with Gasteiger partial charge in [-0.1, -0.05) is 6.07 Å². The first-order chi connectivity index (χ1) is 16.7. The third-order valence-corrected chi connectivity index (χ3v) is 6.57. The van der Waals surface area contributed by atoms with Crippen molar-refractivity contribution >= 4 is 0 Å². The van der Waals surface area contributed by atoms with E-state index in [1.165, 1.54) is 24.9 Å². The van der Waals surface area contributed by atoms with E-state index in [4.69, 9.17) is 19.3 Å². The number of hydrogen-bond donors (Lipinski definition) is 8. The largest absolute Gasteiger partial charge is 0.394 e. The fourth-order valence-corrected chi connectivity index (χ4v) is 4.47. The first kappa shape index (κ1) is 28.2. The van der Waals surface area contributed by atoms with Crippen molar-refractivity contribution in [2.24, 2.45) is 0 Å². The van der Waals surface area contributed by atoms with Gasteiger partial charge in [-0.2, -0.15) is 0 Å². The summed E-state index contributed by atoms with van der Waals surface area (Å²) in [6.07, 6.45) is -9.16. The maximum absolute atomic E-state index is 9.94. The van der Waals surface area contributed by atoms with Crippen molar-refractivity contribution in [2.45, 2.75) is 80.3 Å². The smallest absolute Gasteiger partial charge is 0.187 e. The van der Waals surface area contributed by atoms with Crippen LogP contribution >= 0.6 is 0 Å². The van der Waals surface area contributed by atoms with E-state index in [9.17, 15) is 35.7 Å². The second-order valence-corrected chi connectivity index (χ2v) is 8.95. The van der Waals surface area contributed by atoms with Crippen LogP contribution < -0.4 is 0 Å². The van der Waals surface area contributed by atoms with E-state index in [1.807, 2.05) is 18.5 Å². The fourth-order valence-electron chi connectivity index (χ4n) is 4.47. The van der Waals surface area contributed by atoms with Gasteiger partial charge in [0, 0.05) is 18.4 Å². The molecule has 13 nitrogen and oxygen atoms in total. The topological polar surface area (TPSA) is 206 Å². The number of pyridine rings is 1. The van der Waals surface area contributed by atoms with Crippen LogP contribution in [0.5, 0.6) is 0 Å². The summed E-state index contributed by atoms with van der Waals surface area (Å²) in [5, 5.41) is 76.5. The number of aliphatic hydroxyl groups is 8. The van der Waals surface area contributed by atoms with E-state index in [0.717, 1.165) is 0 Å². The third kappa shape index (κ3) is 6.52. The number of nitrogens with zero attached hydrogens (tertiary/aromatic N) is 2. The monoisotopic (exact) mass is 504 g/mol. The van der Waals surface area contributed by atoms with Crippen molar-refractivity contribution in [3.63, 3.8) is 0 Å². The molecule has 4 heterocycles. The molecule has 0 radical (unpaired) electrons. The van der Waals surface area contributed by atoms with Crippen LogP contribution in [-0.4, -0.2) is 139 Å². The molecule has 35 heavy (non-hydrogen) atoms. The lowest BCUT2D eigenvalue weighted by Crippen LogP contribution is -2.64. The minimum atomic E-state index is -1.74. The van der Waals surface area contributed by atoms with Crippen LogP contribution in [0.2, 0.25) is 0 Å². The predicted molar refractivity (Wildman–Crippen MR) is 117 cm³/mol. The van der Waals surface area contributed by atoms with Gasteiger partial charge in [0.25, 0.3) is 0 Å². The number of ether oxygens (including phenoxy) is 3. The van der Waals surface area contributed by atoms with Crippen LogP contribution in [0.1, 0.15) is 24.4 Å². The molecule has 200 valence electrons. The Morgan fingerprint density at radius 2 is 1.66 bits per heavy atom. The van der Waals surface area contributed by atoms with Crippen molar-refractivity contribution in [3.05, 3.63) is 30.1 Å². The second-order valence-electron chi connectivity index (χ2n) is 8.95. The summed E-state index contributed by atoms with van der Waals surface area (Å²) in [6.45, 7) is -0.123. The maximum Gasteiger partial charge on any atom is 0.187 e.